The van der Waals surface area contributed by atoms with Crippen molar-refractivity contribution in [2.75, 3.05) is 4.90 Å². The summed E-state index contributed by atoms with van der Waals surface area (Å²) in [6, 6.07) is 17.8. The number of benzene rings is 3. The number of carbonyl (C=O) groups is 2. The molecule has 3 aromatic carbocycles. The van der Waals surface area contributed by atoms with Crippen LogP contribution in [0.15, 0.2) is 83.7 Å². The average molecular weight is 501 g/mol. The number of nitro benzene ring substituents is 2. The van der Waals surface area contributed by atoms with E-state index in [-0.39, 0.29) is 28.2 Å². The molecule has 12 nitrogen and oxygen atoms in total. The molecule has 0 saturated carbocycles. The molecular formula is C25H19N5O7. The fraction of sp³-hybridized carbons (Fsp3) is 0.0800. The van der Waals surface area contributed by atoms with Crippen LogP contribution in [-0.4, -0.2) is 31.0 Å². The zero-order valence-corrected chi connectivity index (χ0v) is 19.6. The van der Waals surface area contributed by atoms with Gasteiger partial charge in [-0.2, -0.15) is 0 Å². The van der Waals surface area contributed by atoms with Crippen molar-refractivity contribution in [3.05, 3.63) is 126 Å². The van der Waals surface area contributed by atoms with E-state index >= 15 is 0 Å². The van der Waals surface area contributed by atoms with Crippen LogP contribution in [-0.2, 0) is 7.05 Å². The topological polar surface area (TPSA) is 151 Å². The molecule has 0 aliphatic rings. The van der Waals surface area contributed by atoms with E-state index in [9.17, 15) is 34.6 Å². The van der Waals surface area contributed by atoms with Crippen molar-refractivity contribution in [2.45, 2.75) is 6.92 Å². The molecule has 0 N–H and O–H groups in total. The predicted molar refractivity (Wildman–Crippen MR) is 133 cm³/mol. The average Bonchev–Trinajstić information content (AvgIpc) is 3.12. The zero-order valence-electron chi connectivity index (χ0n) is 19.6. The van der Waals surface area contributed by atoms with Crippen LogP contribution < -0.4 is 10.5 Å². The zero-order chi connectivity index (χ0) is 26.9. The van der Waals surface area contributed by atoms with Crippen molar-refractivity contribution < 1.29 is 19.4 Å². The summed E-state index contributed by atoms with van der Waals surface area (Å²) in [7, 11) is 1.60. The highest BCUT2D eigenvalue weighted by atomic mass is 16.6. The molecule has 2 amide bonds. The highest BCUT2D eigenvalue weighted by Gasteiger charge is 2.33. The molecule has 186 valence electrons. The van der Waals surface area contributed by atoms with E-state index < -0.39 is 27.2 Å². The summed E-state index contributed by atoms with van der Waals surface area (Å²) in [5.41, 5.74) is -0.757. The van der Waals surface area contributed by atoms with Gasteiger partial charge in [-0.25, -0.2) is 9.58 Å². The molecule has 0 saturated heterocycles. The molecule has 0 spiro atoms. The summed E-state index contributed by atoms with van der Waals surface area (Å²) in [4.78, 5) is 62.4. The SMILES string of the molecule is Cc1c(N(C(=O)c2ccc([N+](=O)[O-])cc2)C(=O)c2ccc([N+](=O)[O-])cc2)c(=O)n(-c2ccccc2)n1C. The summed E-state index contributed by atoms with van der Waals surface area (Å²) in [6.07, 6.45) is 0. The Morgan fingerprint density at radius 1 is 0.757 bits per heavy atom. The number of carbonyl (C=O) groups excluding carboxylic acids is 2. The number of imide groups is 1. The van der Waals surface area contributed by atoms with Gasteiger partial charge in [-0.15, -0.1) is 0 Å². The van der Waals surface area contributed by atoms with Crippen LogP contribution in [0.5, 0.6) is 0 Å². The minimum Gasteiger partial charge on any atom is -0.283 e. The van der Waals surface area contributed by atoms with Crippen LogP contribution in [0.3, 0.4) is 0 Å². The van der Waals surface area contributed by atoms with E-state index in [2.05, 4.69) is 0 Å². The summed E-state index contributed by atoms with van der Waals surface area (Å²) in [6.45, 7) is 1.56. The third-order valence-corrected chi connectivity index (χ3v) is 5.80. The van der Waals surface area contributed by atoms with Gasteiger partial charge in [-0.1, -0.05) is 18.2 Å². The van der Waals surface area contributed by atoms with Gasteiger partial charge in [0.25, 0.3) is 28.7 Å². The second kappa shape index (κ2) is 9.70. The van der Waals surface area contributed by atoms with Crippen molar-refractivity contribution in [2.24, 2.45) is 7.05 Å². The van der Waals surface area contributed by atoms with Crippen LogP contribution in [0.4, 0.5) is 17.1 Å². The smallest absolute Gasteiger partial charge is 0.283 e. The molecule has 12 heteroatoms. The Labute approximate surface area is 208 Å². The fourth-order valence-electron chi connectivity index (χ4n) is 3.82. The monoisotopic (exact) mass is 501 g/mol. The third kappa shape index (κ3) is 4.50. The van der Waals surface area contributed by atoms with Crippen LogP contribution in [0.25, 0.3) is 5.69 Å². The number of rotatable bonds is 6. The van der Waals surface area contributed by atoms with Crippen LogP contribution in [0, 0.1) is 27.2 Å². The molecule has 1 heterocycles. The van der Waals surface area contributed by atoms with Crippen molar-refractivity contribution in [1.82, 2.24) is 9.36 Å². The van der Waals surface area contributed by atoms with Gasteiger partial charge in [0.05, 0.1) is 21.2 Å². The lowest BCUT2D eigenvalue weighted by atomic mass is 10.1. The number of non-ortho nitro benzene ring substituents is 2. The first kappa shape index (κ1) is 24.7. The lowest BCUT2D eigenvalue weighted by Gasteiger charge is -2.20. The summed E-state index contributed by atoms with van der Waals surface area (Å²) in [5, 5.41) is 22.1. The molecular weight excluding hydrogens is 482 g/mol. The molecule has 1 aromatic heterocycles. The molecule has 4 aromatic rings. The molecule has 0 bridgehead atoms. The number of hydrogen-bond donors (Lipinski definition) is 0. The van der Waals surface area contributed by atoms with Gasteiger partial charge in [-0.05, 0) is 43.3 Å². The number of anilines is 1. The highest BCUT2D eigenvalue weighted by molar-refractivity contribution is 6.26. The maximum Gasteiger partial charge on any atom is 0.296 e. The van der Waals surface area contributed by atoms with Crippen molar-refractivity contribution >= 4 is 28.9 Å². The van der Waals surface area contributed by atoms with Crippen LogP contribution >= 0.6 is 0 Å². The second-order valence-corrected chi connectivity index (χ2v) is 7.96. The van der Waals surface area contributed by atoms with Gasteiger partial charge in [-0.3, -0.25) is 39.3 Å². The van der Waals surface area contributed by atoms with Crippen molar-refractivity contribution in [3.63, 3.8) is 0 Å². The van der Waals surface area contributed by atoms with Gasteiger partial charge in [0, 0.05) is 42.4 Å². The number of amides is 2. The van der Waals surface area contributed by atoms with Gasteiger partial charge in [0.2, 0.25) is 0 Å². The lowest BCUT2D eigenvalue weighted by Crippen LogP contribution is -2.40. The van der Waals surface area contributed by atoms with Gasteiger partial charge in [0.1, 0.15) is 5.69 Å². The highest BCUT2D eigenvalue weighted by Crippen LogP contribution is 2.25. The minimum absolute atomic E-state index is 0.0743. The Morgan fingerprint density at radius 2 is 1.19 bits per heavy atom. The van der Waals surface area contributed by atoms with E-state index in [4.69, 9.17) is 0 Å². The van der Waals surface area contributed by atoms with E-state index in [1.165, 1.54) is 33.6 Å². The standard InChI is InChI=1S/C25H19N5O7/c1-16-22(25(33)28(26(16)2)19-6-4-3-5-7-19)27(23(31)17-8-12-20(13-9-17)29(34)35)24(32)18-10-14-21(15-11-18)30(36)37/h3-15H,1-2H3. The number of nitro groups is 2. The van der Waals surface area contributed by atoms with Crippen molar-refractivity contribution in [3.8, 4) is 5.69 Å². The number of aromatic nitrogens is 2. The number of nitrogens with zero attached hydrogens (tertiary/aromatic N) is 5. The quantitative estimate of drug-likeness (QED) is 0.221. The summed E-state index contributed by atoms with van der Waals surface area (Å²) >= 11 is 0. The Balaban J connectivity index is 1.90. The first-order chi connectivity index (χ1) is 17.6. The maximum absolute atomic E-state index is 13.6. The maximum atomic E-state index is 13.6. The Hall–Kier alpha value is -5.39. The minimum atomic E-state index is -0.899. The summed E-state index contributed by atoms with van der Waals surface area (Å²) in [5.74, 6) is -1.80. The lowest BCUT2D eigenvalue weighted by molar-refractivity contribution is -0.385. The Kier molecular flexibility index (Phi) is 6.48. The molecule has 0 atom stereocenters. The molecule has 4 rings (SSSR count). The van der Waals surface area contributed by atoms with E-state index in [1.807, 2.05) is 0 Å². The molecule has 0 unspecified atom stereocenters. The number of hydrogen-bond acceptors (Lipinski definition) is 7. The van der Waals surface area contributed by atoms with Crippen LogP contribution in [0.1, 0.15) is 26.4 Å². The Bertz CT molecular complexity index is 1520. The summed E-state index contributed by atoms with van der Waals surface area (Å²) < 4.78 is 2.79. The first-order valence-corrected chi connectivity index (χ1v) is 10.8. The fourth-order valence-corrected chi connectivity index (χ4v) is 3.82. The van der Waals surface area contributed by atoms with E-state index in [0.717, 1.165) is 24.3 Å². The molecule has 0 aliphatic heterocycles. The number of para-hydroxylation sites is 1. The largest absolute Gasteiger partial charge is 0.296 e. The molecule has 37 heavy (non-hydrogen) atoms. The van der Waals surface area contributed by atoms with E-state index in [1.54, 1.807) is 44.3 Å². The predicted octanol–water partition coefficient (Wildman–Crippen LogP) is 3.79. The molecule has 0 radical (unpaired) electrons. The molecule has 0 fully saturated rings. The van der Waals surface area contributed by atoms with E-state index in [0.29, 0.717) is 16.3 Å². The van der Waals surface area contributed by atoms with Gasteiger partial charge in [0.15, 0.2) is 0 Å². The molecule has 0 aliphatic carbocycles. The first-order valence-electron chi connectivity index (χ1n) is 10.8. The van der Waals surface area contributed by atoms with Gasteiger partial charge >= 0.3 is 0 Å². The van der Waals surface area contributed by atoms with Gasteiger partial charge < -0.3 is 0 Å². The Morgan fingerprint density at radius 3 is 1.59 bits per heavy atom. The van der Waals surface area contributed by atoms with Crippen LogP contribution in [0.2, 0.25) is 0 Å². The normalized spacial score (nSPS) is 10.6. The third-order valence-electron chi connectivity index (χ3n) is 5.80. The second-order valence-electron chi connectivity index (χ2n) is 7.96. The van der Waals surface area contributed by atoms with Crippen molar-refractivity contribution in [1.29, 1.82) is 0 Å².